The lowest BCUT2D eigenvalue weighted by atomic mass is 10.1. The van der Waals surface area contributed by atoms with E-state index in [2.05, 4.69) is 23.0 Å². The predicted molar refractivity (Wildman–Crippen MR) is 74.3 cm³/mol. The molecule has 0 bridgehead atoms. The summed E-state index contributed by atoms with van der Waals surface area (Å²) in [6.45, 7) is 0.287. The molecule has 4 heteroatoms. The Labute approximate surface area is 113 Å². The summed E-state index contributed by atoms with van der Waals surface area (Å²) in [5.74, 6) is 0. The summed E-state index contributed by atoms with van der Waals surface area (Å²) in [5.41, 5.74) is 6.55. The van der Waals surface area contributed by atoms with Gasteiger partial charge in [-0.3, -0.25) is 5.43 Å². The smallest absolute Gasteiger partial charge is 0.421 e. The number of benzene rings is 1. The van der Waals surface area contributed by atoms with Gasteiger partial charge >= 0.3 is 6.09 Å². The summed E-state index contributed by atoms with van der Waals surface area (Å²) in [7, 11) is 0. The lowest BCUT2D eigenvalue weighted by Gasteiger charge is -2.14. The molecule has 1 aromatic carbocycles. The highest BCUT2D eigenvalue weighted by Gasteiger charge is 2.09. The molecule has 1 aliphatic carbocycles. The van der Waals surface area contributed by atoms with Crippen molar-refractivity contribution in [3.63, 3.8) is 0 Å². The van der Waals surface area contributed by atoms with E-state index in [4.69, 9.17) is 4.74 Å². The number of carbonyl (C=O) groups excluding carboxylic acids is 1. The molecule has 1 unspecified atom stereocenters. The van der Waals surface area contributed by atoms with Gasteiger partial charge in [-0.2, -0.15) is 0 Å². The zero-order valence-electron chi connectivity index (χ0n) is 11.0. The molecular weight excluding hydrogens is 240 g/mol. The first-order chi connectivity index (χ1) is 9.34. The molecule has 2 rings (SSSR count). The van der Waals surface area contributed by atoms with Gasteiger partial charge in [-0.05, 0) is 24.8 Å². The average Bonchev–Trinajstić information content (AvgIpc) is 2.73. The monoisotopic (exact) mass is 260 g/mol. The van der Waals surface area contributed by atoms with Crippen molar-refractivity contribution < 1.29 is 9.53 Å². The summed E-state index contributed by atoms with van der Waals surface area (Å²) in [4.78, 5) is 11.5. The minimum atomic E-state index is -0.443. The van der Waals surface area contributed by atoms with Gasteiger partial charge in [0.1, 0.15) is 6.61 Å². The molecule has 0 heterocycles. The van der Waals surface area contributed by atoms with Crippen molar-refractivity contribution in [2.24, 2.45) is 0 Å². The van der Waals surface area contributed by atoms with Crippen LogP contribution in [0.15, 0.2) is 42.5 Å². The van der Waals surface area contributed by atoms with E-state index in [0.717, 1.165) is 18.4 Å². The Morgan fingerprint density at radius 3 is 2.95 bits per heavy atom. The molecule has 1 aromatic rings. The molecule has 0 fully saturated rings. The zero-order valence-corrected chi connectivity index (χ0v) is 11.0. The number of hydrogen-bond acceptors (Lipinski definition) is 3. The fraction of sp³-hybridized carbons (Fsp3) is 0.400. The van der Waals surface area contributed by atoms with Crippen LogP contribution in [0.25, 0.3) is 0 Å². The third-order valence-electron chi connectivity index (χ3n) is 3.08. The maximum absolute atomic E-state index is 11.5. The Balaban J connectivity index is 1.67. The third-order valence-corrected chi connectivity index (χ3v) is 3.08. The maximum Gasteiger partial charge on any atom is 0.421 e. The van der Waals surface area contributed by atoms with Crippen LogP contribution >= 0.6 is 0 Å². The standard InChI is InChI=1S/C15H20N2O2/c18-15(19-12-13-8-4-3-5-9-13)17-16-14-10-6-1-2-7-11-14/h3-6,8-10,14,16H,1-2,7,11-12H2,(H,17,18). The molecule has 0 radical (unpaired) electrons. The molecule has 0 saturated carbocycles. The number of amides is 1. The van der Waals surface area contributed by atoms with Crippen LogP contribution in [0.2, 0.25) is 0 Å². The number of rotatable bonds is 4. The summed E-state index contributed by atoms with van der Waals surface area (Å²) in [6.07, 6.45) is 8.36. The quantitative estimate of drug-likeness (QED) is 0.646. The SMILES string of the molecule is O=C(NNC1C=CCCCC1)OCc1ccccc1. The van der Waals surface area contributed by atoms with Crippen molar-refractivity contribution in [1.82, 2.24) is 10.9 Å². The van der Waals surface area contributed by atoms with Crippen LogP contribution in [0.1, 0.15) is 31.2 Å². The Kier molecular flexibility index (Phi) is 5.44. The summed E-state index contributed by atoms with van der Waals surface area (Å²) in [5, 5.41) is 0. The van der Waals surface area contributed by atoms with E-state index in [1.807, 2.05) is 30.3 Å². The molecule has 0 saturated heterocycles. The first kappa shape index (κ1) is 13.6. The van der Waals surface area contributed by atoms with Gasteiger partial charge in [0, 0.05) is 6.04 Å². The van der Waals surface area contributed by atoms with E-state index in [0.29, 0.717) is 0 Å². The highest BCUT2D eigenvalue weighted by Crippen LogP contribution is 2.10. The normalized spacial score (nSPS) is 18.6. The Bertz CT molecular complexity index is 417. The molecular formula is C15H20N2O2. The zero-order chi connectivity index (χ0) is 13.3. The van der Waals surface area contributed by atoms with Crippen molar-refractivity contribution in [1.29, 1.82) is 0 Å². The van der Waals surface area contributed by atoms with Gasteiger partial charge in [-0.1, -0.05) is 48.9 Å². The number of carbonyl (C=O) groups is 1. The van der Waals surface area contributed by atoms with Gasteiger partial charge in [0.25, 0.3) is 0 Å². The van der Waals surface area contributed by atoms with E-state index < -0.39 is 6.09 Å². The van der Waals surface area contributed by atoms with Crippen LogP contribution in [0, 0.1) is 0 Å². The summed E-state index contributed by atoms with van der Waals surface area (Å²) < 4.78 is 5.11. The second-order valence-electron chi connectivity index (χ2n) is 4.65. The van der Waals surface area contributed by atoms with E-state index in [1.54, 1.807) is 0 Å². The van der Waals surface area contributed by atoms with Crippen LogP contribution in [0.4, 0.5) is 4.79 Å². The second kappa shape index (κ2) is 7.59. The van der Waals surface area contributed by atoms with Crippen molar-refractivity contribution in [3.8, 4) is 0 Å². The van der Waals surface area contributed by atoms with Crippen LogP contribution in [0.5, 0.6) is 0 Å². The molecule has 0 spiro atoms. The van der Waals surface area contributed by atoms with E-state index in [9.17, 15) is 4.79 Å². The fourth-order valence-electron chi connectivity index (χ4n) is 2.01. The molecule has 1 aliphatic rings. The lowest BCUT2D eigenvalue weighted by Crippen LogP contribution is -2.43. The van der Waals surface area contributed by atoms with Crippen molar-refractivity contribution >= 4 is 6.09 Å². The van der Waals surface area contributed by atoms with Crippen LogP contribution < -0.4 is 10.9 Å². The molecule has 1 amide bonds. The van der Waals surface area contributed by atoms with Gasteiger partial charge in [0.05, 0.1) is 0 Å². The summed E-state index contributed by atoms with van der Waals surface area (Å²) >= 11 is 0. The fourth-order valence-corrected chi connectivity index (χ4v) is 2.01. The molecule has 19 heavy (non-hydrogen) atoms. The predicted octanol–water partition coefficient (Wildman–Crippen LogP) is 2.92. The highest BCUT2D eigenvalue weighted by atomic mass is 16.6. The largest absolute Gasteiger partial charge is 0.444 e. The van der Waals surface area contributed by atoms with Gasteiger partial charge in [-0.25, -0.2) is 10.2 Å². The van der Waals surface area contributed by atoms with Crippen molar-refractivity contribution in [3.05, 3.63) is 48.0 Å². The van der Waals surface area contributed by atoms with Crippen LogP contribution in [0.3, 0.4) is 0 Å². The molecule has 102 valence electrons. The number of nitrogens with one attached hydrogen (secondary N) is 2. The topological polar surface area (TPSA) is 50.4 Å². The van der Waals surface area contributed by atoms with Gasteiger partial charge in [0.2, 0.25) is 0 Å². The lowest BCUT2D eigenvalue weighted by molar-refractivity contribution is 0.133. The number of ether oxygens (including phenoxy) is 1. The van der Waals surface area contributed by atoms with Gasteiger partial charge in [-0.15, -0.1) is 0 Å². The number of hydrogen-bond donors (Lipinski definition) is 2. The highest BCUT2D eigenvalue weighted by molar-refractivity contribution is 5.66. The second-order valence-corrected chi connectivity index (χ2v) is 4.65. The van der Waals surface area contributed by atoms with E-state index in [-0.39, 0.29) is 12.6 Å². The van der Waals surface area contributed by atoms with E-state index in [1.165, 1.54) is 12.8 Å². The maximum atomic E-state index is 11.5. The molecule has 0 aliphatic heterocycles. The minimum Gasteiger partial charge on any atom is -0.444 e. The number of allylic oxidation sites excluding steroid dienone is 1. The number of hydrazine groups is 1. The molecule has 1 atom stereocenters. The van der Waals surface area contributed by atoms with Crippen LogP contribution in [-0.4, -0.2) is 12.1 Å². The Morgan fingerprint density at radius 2 is 2.11 bits per heavy atom. The Morgan fingerprint density at radius 1 is 1.26 bits per heavy atom. The average molecular weight is 260 g/mol. The summed E-state index contributed by atoms with van der Waals surface area (Å²) in [6, 6.07) is 9.83. The minimum absolute atomic E-state index is 0.201. The third kappa shape index (κ3) is 5.14. The molecule has 2 N–H and O–H groups in total. The first-order valence-electron chi connectivity index (χ1n) is 6.73. The Hall–Kier alpha value is -1.81. The molecule has 0 aromatic heterocycles. The molecule has 4 nitrogen and oxygen atoms in total. The van der Waals surface area contributed by atoms with Crippen molar-refractivity contribution in [2.75, 3.05) is 0 Å². The van der Waals surface area contributed by atoms with Gasteiger partial charge in [0.15, 0.2) is 0 Å². The van der Waals surface area contributed by atoms with Gasteiger partial charge < -0.3 is 4.74 Å². The van der Waals surface area contributed by atoms with Crippen LogP contribution in [-0.2, 0) is 11.3 Å². The first-order valence-corrected chi connectivity index (χ1v) is 6.73. The van der Waals surface area contributed by atoms with E-state index >= 15 is 0 Å². The van der Waals surface area contributed by atoms with Crippen molar-refractivity contribution in [2.45, 2.75) is 38.3 Å².